The first-order chi connectivity index (χ1) is 8.01. The first-order valence-corrected chi connectivity index (χ1v) is 7.39. The number of ether oxygens (including phenoxy) is 2. The van der Waals surface area contributed by atoms with Crippen molar-refractivity contribution < 1.29 is 17.9 Å². The van der Waals surface area contributed by atoms with Crippen molar-refractivity contribution in [1.29, 1.82) is 0 Å². The second kappa shape index (κ2) is 6.53. The topological polar surface area (TPSA) is 64.6 Å². The van der Waals surface area contributed by atoms with Gasteiger partial charge in [0, 0.05) is 17.2 Å². The molecule has 0 radical (unpaired) electrons. The SMILES string of the molecule is COCCNS(=O)(=O)c1cc(I)ccc1OC. The average molecular weight is 371 g/mol. The van der Waals surface area contributed by atoms with Crippen LogP contribution in [0.2, 0.25) is 0 Å². The molecule has 0 unspecified atom stereocenters. The molecule has 0 spiro atoms. The summed E-state index contributed by atoms with van der Waals surface area (Å²) in [6.45, 7) is 0.554. The molecule has 0 heterocycles. The molecule has 1 aromatic rings. The minimum atomic E-state index is -3.56. The smallest absolute Gasteiger partial charge is 0.244 e. The summed E-state index contributed by atoms with van der Waals surface area (Å²) in [7, 11) is -0.603. The van der Waals surface area contributed by atoms with Crippen LogP contribution in [-0.4, -0.2) is 35.8 Å². The van der Waals surface area contributed by atoms with Crippen LogP contribution >= 0.6 is 22.6 Å². The Bertz CT molecular complexity index is 475. The predicted molar refractivity (Wildman–Crippen MR) is 72.8 cm³/mol. The Kier molecular flexibility index (Phi) is 5.63. The summed E-state index contributed by atoms with van der Waals surface area (Å²) in [5.74, 6) is 0.329. The van der Waals surface area contributed by atoms with Crippen LogP contribution in [0, 0.1) is 3.57 Å². The molecule has 0 aliphatic carbocycles. The largest absolute Gasteiger partial charge is 0.495 e. The minimum absolute atomic E-state index is 0.142. The van der Waals surface area contributed by atoms with Crippen molar-refractivity contribution in [2.45, 2.75) is 4.90 Å². The lowest BCUT2D eigenvalue weighted by Crippen LogP contribution is -2.27. The van der Waals surface area contributed by atoms with Gasteiger partial charge in [-0.2, -0.15) is 0 Å². The zero-order chi connectivity index (χ0) is 12.9. The number of nitrogens with one attached hydrogen (secondary N) is 1. The molecule has 0 atom stereocenters. The molecule has 0 aliphatic rings. The lowest BCUT2D eigenvalue weighted by Gasteiger charge is -2.10. The van der Waals surface area contributed by atoms with Crippen molar-refractivity contribution in [3.63, 3.8) is 0 Å². The fourth-order valence-corrected chi connectivity index (χ4v) is 3.12. The third kappa shape index (κ3) is 4.09. The Labute approximate surface area is 115 Å². The summed E-state index contributed by atoms with van der Waals surface area (Å²) in [4.78, 5) is 0.142. The van der Waals surface area contributed by atoms with Crippen molar-refractivity contribution in [3.05, 3.63) is 21.8 Å². The second-order valence-electron chi connectivity index (χ2n) is 3.19. The van der Waals surface area contributed by atoms with Crippen LogP contribution in [0.4, 0.5) is 0 Å². The summed E-state index contributed by atoms with van der Waals surface area (Å²) < 4.78 is 37.1. The molecule has 1 N–H and O–H groups in total. The first kappa shape index (κ1) is 14.7. The number of sulfonamides is 1. The van der Waals surface area contributed by atoms with Gasteiger partial charge in [-0.25, -0.2) is 13.1 Å². The summed E-state index contributed by atoms with van der Waals surface area (Å²) in [5.41, 5.74) is 0. The molecule has 0 saturated heterocycles. The van der Waals surface area contributed by atoms with Crippen molar-refractivity contribution >= 4 is 32.6 Å². The molecule has 96 valence electrons. The van der Waals surface area contributed by atoms with Crippen molar-refractivity contribution in [2.24, 2.45) is 0 Å². The van der Waals surface area contributed by atoms with Gasteiger partial charge in [0.25, 0.3) is 0 Å². The Morgan fingerprint density at radius 3 is 2.65 bits per heavy atom. The molecule has 5 nitrogen and oxygen atoms in total. The van der Waals surface area contributed by atoms with Gasteiger partial charge < -0.3 is 9.47 Å². The molecule has 0 aromatic heterocycles. The number of hydrogen-bond acceptors (Lipinski definition) is 4. The average Bonchev–Trinajstić information content (AvgIpc) is 2.29. The van der Waals surface area contributed by atoms with E-state index in [0.717, 1.165) is 3.57 Å². The maximum absolute atomic E-state index is 12.0. The number of benzene rings is 1. The molecule has 0 fully saturated rings. The van der Waals surface area contributed by atoms with Crippen LogP contribution < -0.4 is 9.46 Å². The molecule has 0 aliphatic heterocycles. The zero-order valence-electron chi connectivity index (χ0n) is 9.57. The number of hydrogen-bond donors (Lipinski definition) is 1. The van der Waals surface area contributed by atoms with E-state index >= 15 is 0 Å². The highest BCUT2D eigenvalue weighted by molar-refractivity contribution is 14.1. The molecule has 7 heteroatoms. The van der Waals surface area contributed by atoms with Gasteiger partial charge in [0.2, 0.25) is 10.0 Å². The molecular formula is C10H14INO4S. The van der Waals surface area contributed by atoms with Crippen LogP contribution in [0.3, 0.4) is 0 Å². The van der Waals surface area contributed by atoms with Gasteiger partial charge in [-0.15, -0.1) is 0 Å². The van der Waals surface area contributed by atoms with E-state index in [1.54, 1.807) is 18.2 Å². The summed E-state index contributed by atoms with van der Waals surface area (Å²) in [6, 6.07) is 4.98. The zero-order valence-corrected chi connectivity index (χ0v) is 12.5. The van der Waals surface area contributed by atoms with E-state index in [2.05, 4.69) is 27.3 Å². The standard InChI is InChI=1S/C10H14INO4S/c1-15-6-5-12-17(13,14)10-7-8(11)3-4-9(10)16-2/h3-4,7,12H,5-6H2,1-2H3. The van der Waals surface area contributed by atoms with Gasteiger partial charge in [0.05, 0.1) is 13.7 Å². The third-order valence-corrected chi connectivity index (χ3v) is 4.17. The fraction of sp³-hybridized carbons (Fsp3) is 0.400. The lowest BCUT2D eigenvalue weighted by molar-refractivity contribution is 0.204. The van der Waals surface area contributed by atoms with Gasteiger partial charge in [-0.1, -0.05) is 0 Å². The van der Waals surface area contributed by atoms with Crippen LogP contribution in [0.25, 0.3) is 0 Å². The number of methoxy groups -OCH3 is 2. The molecule has 1 aromatic carbocycles. The third-order valence-electron chi connectivity index (χ3n) is 2.01. The highest BCUT2D eigenvalue weighted by Crippen LogP contribution is 2.25. The van der Waals surface area contributed by atoms with Crippen molar-refractivity contribution in [3.8, 4) is 5.75 Å². The van der Waals surface area contributed by atoms with Crippen molar-refractivity contribution in [2.75, 3.05) is 27.4 Å². The lowest BCUT2D eigenvalue weighted by atomic mass is 10.3. The molecule has 0 amide bonds. The van der Waals surface area contributed by atoms with E-state index in [1.807, 2.05) is 0 Å². The maximum Gasteiger partial charge on any atom is 0.244 e. The van der Waals surface area contributed by atoms with E-state index in [0.29, 0.717) is 12.4 Å². The number of rotatable bonds is 6. The van der Waals surface area contributed by atoms with Gasteiger partial charge in [-0.3, -0.25) is 0 Å². The minimum Gasteiger partial charge on any atom is -0.495 e. The maximum atomic E-state index is 12.0. The van der Waals surface area contributed by atoms with E-state index in [4.69, 9.17) is 9.47 Å². The molecular weight excluding hydrogens is 357 g/mol. The second-order valence-corrected chi connectivity index (χ2v) is 6.17. The highest BCUT2D eigenvalue weighted by Gasteiger charge is 2.19. The van der Waals surface area contributed by atoms with Crippen LogP contribution in [-0.2, 0) is 14.8 Å². The summed E-state index contributed by atoms with van der Waals surface area (Å²) in [6.07, 6.45) is 0. The number of halogens is 1. The van der Waals surface area contributed by atoms with Gasteiger partial charge in [0.1, 0.15) is 10.6 Å². The highest BCUT2D eigenvalue weighted by atomic mass is 127. The first-order valence-electron chi connectivity index (χ1n) is 4.83. The van der Waals surface area contributed by atoms with Gasteiger partial charge >= 0.3 is 0 Å². The molecule has 17 heavy (non-hydrogen) atoms. The normalized spacial score (nSPS) is 11.5. The molecule has 0 saturated carbocycles. The Balaban J connectivity index is 3.00. The Morgan fingerprint density at radius 2 is 2.06 bits per heavy atom. The Hall–Kier alpha value is -0.380. The van der Waals surface area contributed by atoms with E-state index < -0.39 is 10.0 Å². The van der Waals surface area contributed by atoms with E-state index in [1.165, 1.54) is 14.2 Å². The summed E-state index contributed by atoms with van der Waals surface area (Å²) in [5, 5.41) is 0. The fourth-order valence-electron chi connectivity index (χ4n) is 1.22. The monoisotopic (exact) mass is 371 g/mol. The van der Waals surface area contributed by atoms with Gasteiger partial charge in [-0.05, 0) is 40.8 Å². The Morgan fingerprint density at radius 1 is 1.35 bits per heavy atom. The van der Waals surface area contributed by atoms with Gasteiger partial charge in [0.15, 0.2) is 0 Å². The van der Waals surface area contributed by atoms with E-state index in [-0.39, 0.29) is 11.4 Å². The quantitative estimate of drug-likeness (QED) is 0.604. The van der Waals surface area contributed by atoms with E-state index in [9.17, 15) is 8.42 Å². The van der Waals surface area contributed by atoms with Crippen molar-refractivity contribution in [1.82, 2.24) is 4.72 Å². The van der Waals surface area contributed by atoms with Crippen LogP contribution in [0.1, 0.15) is 0 Å². The van der Waals surface area contributed by atoms with Crippen LogP contribution in [0.15, 0.2) is 23.1 Å². The predicted octanol–water partition coefficient (Wildman–Crippen LogP) is 1.22. The molecule has 0 bridgehead atoms. The summed E-state index contributed by atoms with van der Waals surface area (Å²) >= 11 is 2.05. The van der Waals surface area contributed by atoms with Crippen LogP contribution in [0.5, 0.6) is 5.75 Å². The molecule has 1 rings (SSSR count).